The molecule has 0 atom stereocenters. The molecule has 10 rings (SSSR count). The van der Waals surface area contributed by atoms with E-state index in [9.17, 15) is 0 Å². The highest BCUT2D eigenvalue weighted by molar-refractivity contribution is 5.98. The van der Waals surface area contributed by atoms with E-state index in [0.717, 1.165) is 55.3 Å². The first-order valence-electron chi connectivity index (χ1n) is 18.9. The summed E-state index contributed by atoms with van der Waals surface area (Å²) in [7, 11) is 0. The van der Waals surface area contributed by atoms with Crippen LogP contribution >= 0.6 is 0 Å². The Hall–Kier alpha value is -6.97. The van der Waals surface area contributed by atoms with E-state index in [1.54, 1.807) is 0 Å². The van der Waals surface area contributed by atoms with Crippen molar-refractivity contribution in [3.63, 3.8) is 0 Å². The molecule has 9 aromatic rings. The molecule has 1 heterocycles. The van der Waals surface area contributed by atoms with Crippen molar-refractivity contribution in [2.24, 2.45) is 0 Å². The molecule has 1 aromatic heterocycles. The Bertz CT molecular complexity index is 2790. The van der Waals surface area contributed by atoms with Crippen molar-refractivity contribution in [3.05, 3.63) is 199 Å². The summed E-state index contributed by atoms with van der Waals surface area (Å²) in [5.74, 6) is 1.91. The number of fused-ring (bicyclic) bond motifs is 4. The van der Waals surface area contributed by atoms with Crippen LogP contribution in [0.4, 0.5) is 0 Å². The topological polar surface area (TPSA) is 38.7 Å². The number of hydrogen-bond donors (Lipinski definition) is 0. The van der Waals surface area contributed by atoms with Gasteiger partial charge in [-0.15, -0.1) is 0 Å². The smallest absolute Gasteiger partial charge is 0.164 e. The first-order valence-corrected chi connectivity index (χ1v) is 18.9. The van der Waals surface area contributed by atoms with E-state index >= 15 is 0 Å². The van der Waals surface area contributed by atoms with Gasteiger partial charge in [0, 0.05) is 22.1 Å². The standard InChI is InChI=1S/C52H37N3/c1-52(2)47-25-10-9-23-43(47)44-29-28-40(33-48(44)52)39-27-26-36-18-13-24-45(46(36)32-39)51-54-49(41-21-11-19-37(30-41)34-14-5-3-6-15-34)53-50(55-51)42-22-12-20-38(31-42)35-16-7-4-8-17-35/h3-33H,1-2H3. The number of aromatic nitrogens is 3. The quantitative estimate of drug-likeness (QED) is 0.173. The Morgan fingerprint density at radius 2 is 0.782 bits per heavy atom. The predicted octanol–water partition coefficient (Wildman–Crippen LogP) is 13.3. The number of nitrogens with zero attached hydrogens (tertiary/aromatic N) is 3. The zero-order valence-electron chi connectivity index (χ0n) is 30.7. The lowest BCUT2D eigenvalue weighted by Crippen LogP contribution is -2.14. The lowest BCUT2D eigenvalue weighted by atomic mass is 9.81. The lowest BCUT2D eigenvalue weighted by Gasteiger charge is -2.22. The molecule has 0 aliphatic heterocycles. The predicted molar refractivity (Wildman–Crippen MR) is 228 cm³/mol. The molecule has 0 fully saturated rings. The molecule has 260 valence electrons. The van der Waals surface area contributed by atoms with Crippen molar-refractivity contribution >= 4 is 10.8 Å². The summed E-state index contributed by atoms with van der Waals surface area (Å²) in [6, 6.07) is 66.8. The average Bonchev–Trinajstić information content (AvgIpc) is 3.49. The van der Waals surface area contributed by atoms with Gasteiger partial charge in [-0.3, -0.25) is 0 Å². The van der Waals surface area contributed by atoms with Crippen LogP contribution in [-0.4, -0.2) is 15.0 Å². The molecule has 0 N–H and O–H groups in total. The molecule has 0 unspecified atom stereocenters. The molecule has 0 amide bonds. The fourth-order valence-electron chi connectivity index (χ4n) is 8.22. The van der Waals surface area contributed by atoms with Crippen molar-refractivity contribution in [3.8, 4) is 78.7 Å². The van der Waals surface area contributed by atoms with E-state index in [2.05, 4.69) is 190 Å². The van der Waals surface area contributed by atoms with Crippen LogP contribution in [0.25, 0.3) is 89.4 Å². The largest absolute Gasteiger partial charge is 0.208 e. The molecule has 0 bridgehead atoms. The molecule has 55 heavy (non-hydrogen) atoms. The van der Waals surface area contributed by atoms with Gasteiger partial charge in [-0.2, -0.15) is 0 Å². The summed E-state index contributed by atoms with van der Waals surface area (Å²) in [5.41, 5.74) is 15.1. The van der Waals surface area contributed by atoms with Crippen LogP contribution in [0.2, 0.25) is 0 Å². The van der Waals surface area contributed by atoms with Crippen LogP contribution in [0.3, 0.4) is 0 Å². The maximum atomic E-state index is 5.23. The Labute approximate surface area is 321 Å². The van der Waals surface area contributed by atoms with Gasteiger partial charge in [0.05, 0.1) is 0 Å². The van der Waals surface area contributed by atoms with Gasteiger partial charge in [0.15, 0.2) is 17.5 Å². The minimum absolute atomic E-state index is 0.0722. The molecule has 3 nitrogen and oxygen atoms in total. The third kappa shape index (κ3) is 5.82. The van der Waals surface area contributed by atoms with E-state index in [1.165, 1.54) is 27.8 Å². The van der Waals surface area contributed by atoms with Crippen molar-refractivity contribution in [2.45, 2.75) is 19.3 Å². The van der Waals surface area contributed by atoms with E-state index < -0.39 is 0 Å². The second-order valence-corrected chi connectivity index (χ2v) is 14.9. The monoisotopic (exact) mass is 703 g/mol. The molecule has 1 aliphatic rings. The first-order chi connectivity index (χ1) is 27.0. The van der Waals surface area contributed by atoms with Crippen molar-refractivity contribution in [1.29, 1.82) is 0 Å². The summed E-state index contributed by atoms with van der Waals surface area (Å²) in [6.45, 7) is 4.67. The van der Waals surface area contributed by atoms with E-state index in [-0.39, 0.29) is 5.41 Å². The maximum Gasteiger partial charge on any atom is 0.164 e. The van der Waals surface area contributed by atoms with Crippen molar-refractivity contribution in [2.75, 3.05) is 0 Å². The van der Waals surface area contributed by atoms with Crippen LogP contribution in [0.15, 0.2) is 188 Å². The van der Waals surface area contributed by atoms with Crippen LogP contribution in [-0.2, 0) is 5.41 Å². The zero-order valence-corrected chi connectivity index (χ0v) is 30.7. The Morgan fingerprint density at radius 1 is 0.309 bits per heavy atom. The van der Waals surface area contributed by atoms with Gasteiger partial charge in [0.2, 0.25) is 0 Å². The molecular weight excluding hydrogens is 667 g/mol. The molecule has 0 radical (unpaired) electrons. The van der Waals surface area contributed by atoms with Gasteiger partial charge < -0.3 is 0 Å². The van der Waals surface area contributed by atoms with Gasteiger partial charge in [-0.25, -0.2) is 15.0 Å². The maximum absolute atomic E-state index is 5.23. The number of benzene rings is 8. The summed E-state index contributed by atoms with van der Waals surface area (Å²) in [4.78, 5) is 15.6. The molecular formula is C52H37N3. The summed E-state index contributed by atoms with van der Waals surface area (Å²) < 4.78 is 0. The van der Waals surface area contributed by atoms with Crippen molar-refractivity contribution in [1.82, 2.24) is 15.0 Å². The molecule has 0 spiro atoms. The van der Waals surface area contributed by atoms with Gasteiger partial charge in [0.1, 0.15) is 0 Å². The summed E-state index contributed by atoms with van der Waals surface area (Å²) >= 11 is 0. The SMILES string of the molecule is CC1(C)c2ccccc2-c2ccc(-c3ccc4cccc(-c5nc(-c6cccc(-c7ccccc7)c6)nc(-c6cccc(-c7ccccc7)c6)n5)c4c3)cc21. The number of hydrogen-bond acceptors (Lipinski definition) is 3. The Kier molecular flexibility index (Phi) is 7.81. The molecule has 3 heteroatoms. The fraction of sp³-hybridized carbons (Fsp3) is 0.0577. The van der Waals surface area contributed by atoms with Gasteiger partial charge in [-0.05, 0) is 90.7 Å². The van der Waals surface area contributed by atoms with Crippen LogP contribution in [0.5, 0.6) is 0 Å². The highest BCUT2D eigenvalue weighted by Gasteiger charge is 2.35. The fourth-order valence-corrected chi connectivity index (χ4v) is 8.22. The van der Waals surface area contributed by atoms with Gasteiger partial charge in [-0.1, -0.05) is 178 Å². The van der Waals surface area contributed by atoms with Gasteiger partial charge >= 0.3 is 0 Å². The highest BCUT2D eigenvalue weighted by atomic mass is 15.0. The van der Waals surface area contributed by atoms with Crippen LogP contribution in [0.1, 0.15) is 25.0 Å². The Balaban J connectivity index is 1.13. The molecule has 1 aliphatic carbocycles. The van der Waals surface area contributed by atoms with Crippen LogP contribution < -0.4 is 0 Å². The third-order valence-corrected chi connectivity index (χ3v) is 11.1. The normalized spacial score (nSPS) is 12.7. The van der Waals surface area contributed by atoms with E-state index in [4.69, 9.17) is 15.0 Å². The van der Waals surface area contributed by atoms with E-state index in [1.807, 2.05) is 12.1 Å². The second-order valence-electron chi connectivity index (χ2n) is 14.9. The molecule has 0 saturated heterocycles. The lowest BCUT2D eigenvalue weighted by molar-refractivity contribution is 0.660. The average molecular weight is 704 g/mol. The van der Waals surface area contributed by atoms with Crippen LogP contribution in [0, 0.1) is 0 Å². The summed E-state index contributed by atoms with van der Waals surface area (Å²) in [5, 5.41) is 2.23. The Morgan fingerprint density at radius 3 is 1.45 bits per heavy atom. The minimum Gasteiger partial charge on any atom is -0.208 e. The molecule has 0 saturated carbocycles. The van der Waals surface area contributed by atoms with Gasteiger partial charge in [0.25, 0.3) is 0 Å². The third-order valence-electron chi connectivity index (χ3n) is 11.1. The first kappa shape index (κ1) is 32.7. The summed E-state index contributed by atoms with van der Waals surface area (Å²) in [6.07, 6.45) is 0. The molecule has 8 aromatic carbocycles. The number of rotatable bonds is 6. The van der Waals surface area contributed by atoms with Crippen molar-refractivity contribution < 1.29 is 0 Å². The second kappa shape index (κ2) is 13.2. The highest BCUT2D eigenvalue weighted by Crippen LogP contribution is 2.49. The zero-order chi connectivity index (χ0) is 36.9. The minimum atomic E-state index is -0.0722. The van der Waals surface area contributed by atoms with E-state index in [0.29, 0.717) is 17.5 Å².